The van der Waals surface area contributed by atoms with Crippen molar-refractivity contribution >= 4 is 39.8 Å². The van der Waals surface area contributed by atoms with Gasteiger partial charge in [0.25, 0.3) is 11.8 Å². The Kier molecular flexibility index (Phi) is 6.11. The number of aryl methyl sites for hydroxylation is 1. The summed E-state index contributed by atoms with van der Waals surface area (Å²) in [5.41, 5.74) is 0.847. The summed E-state index contributed by atoms with van der Waals surface area (Å²) in [7, 11) is 0. The molecule has 8 heteroatoms. The van der Waals surface area contributed by atoms with Crippen LogP contribution in [0.2, 0.25) is 5.02 Å². The number of rotatable bonds is 5. The molecule has 30 heavy (non-hydrogen) atoms. The highest BCUT2D eigenvalue weighted by Crippen LogP contribution is 2.30. The summed E-state index contributed by atoms with van der Waals surface area (Å²) in [6.07, 6.45) is 3.05. The third-order valence-corrected chi connectivity index (χ3v) is 6.33. The fraction of sp³-hybridized carbons (Fsp3) is 0.273. The van der Waals surface area contributed by atoms with Gasteiger partial charge in [-0.3, -0.25) is 9.59 Å². The highest BCUT2D eigenvalue weighted by molar-refractivity contribution is 7.18. The monoisotopic (exact) mass is 444 g/mol. The summed E-state index contributed by atoms with van der Waals surface area (Å²) in [5.74, 6) is 0.674. The topological polar surface area (TPSA) is 71.8 Å². The highest BCUT2D eigenvalue weighted by Gasteiger charge is 2.27. The summed E-state index contributed by atoms with van der Waals surface area (Å²) in [5, 5.41) is 4.09. The Morgan fingerprint density at radius 2 is 1.93 bits per heavy atom. The molecule has 0 spiro atoms. The third-order valence-electron chi connectivity index (χ3n) is 4.94. The Morgan fingerprint density at radius 3 is 2.60 bits per heavy atom. The molecule has 1 saturated heterocycles. The lowest BCUT2D eigenvalue weighted by atomic mass is 10.1. The van der Waals surface area contributed by atoms with Crippen LogP contribution in [0.5, 0.6) is 5.75 Å². The van der Waals surface area contributed by atoms with Crippen molar-refractivity contribution in [3.8, 4) is 5.75 Å². The molecule has 1 aromatic carbocycles. The zero-order chi connectivity index (χ0) is 21.1. The molecule has 0 radical (unpaired) electrons. The second-order valence-corrected chi connectivity index (χ2v) is 8.61. The zero-order valence-electron chi connectivity index (χ0n) is 16.4. The summed E-state index contributed by atoms with van der Waals surface area (Å²) in [4.78, 5) is 27.6. The summed E-state index contributed by atoms with van der Waals surface area (Å²) < 4.78 is 11.1. The first-order valence-corrected chi connectivity index (χ1v) is 10.9. The predicted octanol–water partition coefficient (Wildman–Crippen LogP) is 5.24. The van der Waals surface area contributed by atoms with Crippen LogP contribution in [0.1, 0.15) is 38.6 Å². The van der Waals surface area contributed by atoms with Crippen molar-refractivity contribution < 1.29 is 18.7 Å². The quantitative estimate of drug-likeness (QED) is 0.584. The van der Waals surface area contributed by atoms with E-state index >= 15 is 0 Å². The zero-order valence-corrected chi connectivity index (χ0v) is 18.0. The Labute approximate surface area is 183 Å². The van der Waals surface area contributed by atoms with E-state index in [2.05, 4.69) is 5.32 Å². The van der Waals surface area contributed by atoms with Crippen molar-refractivity contribution in [2.75, 3.05) is 18.4 Å². The second kappa shape index (κ2) is 8.93. The summed E-state index contributed by atoms with van der Waals surface area (Å²) >= 11 is 7.19. The molecule has 0 unspecified atom stereocenters. The fourth-order valence-corrected chi connectivity index (χ4v) is 4.52. The number of nitrogens with zero attached hydrogens (tertiary/aromatic N) is 1. The van der Waals surface area contributed by atoms with E-state index in [9.17, 15) is 9.59 Å². The molecule has 1 aliphatic rings. The number of amides is 2. The largest absolute Gasteiger partial charge is 0.490 e. The second-order valence-electron chi connectivity index (χ2n) is 7.12. The van der Waals surface area contributed by atoms with Crippen molar-refractivity contribution in [1.82, 2.24) is 4.90 Å². The van der Waals surface area contributed by atoms with Crippen LogP contribution in [-0.2, 0) is 0 Å². The molecule has 1 fully saturated rings. The number of nitrogens with one attached hydrogen (secondary N) is 1. The van der Waals surface area contributed by atoms with E-state index in [0.29, 0.717) is 28.0 Å². The van der Waals surface area contributed by atoms with E-state index in [1.807, 2.05) is 30.0 Å². The molecule has 1 N–H and O–H groups in total. The number of carbonyl (C=O) groups excluding carboxylic acids is 2. The Hall–Kier alpha value is -2.77. The molecule has 3 aromatic rings. The molecule has 156 valence electrons. The normalized spacial score (nSPS) is 14.5. The summed E-state index contributed by atoms with van der Waals surface area (Å²) in [6.45, 7) is 3.13. The molecule has 3 heterocycles. The van der Waals surface area contributed by atoms with Gasteiger partial charge in [0.05, 0.1) is 16.1 Å². The lowest BCUT2D eigenvalue weighted by Crippen LogP contribution is -2.41. The summed E-state index contributed by atoms with van der Waals surface area (Å²) in [6, 6.07) is 12.4. The maximum absolute atomic E-state index is 13.0. The minimum absolute atomic E-state index is 0.0130. The van der Waals surface area contributed by atoms with Gasteiger partial charge in [-0.2, -0.15) is 0 Å². The lowest BCUT2D eigenvalue weighted by Gasteiger charge is -2.32. The van der Waals surface area contributed by atoms with E-state index in [1.54, 1.807) is 24.3 Å². The van der Waals surface area contributed by atoms with Crippen LogP contribution < -0.4 is 10.1 Å². The van der Waals surface area contributed by atoms with Crippen molar-refractivity contribution in [2.24, 2.45) is 0 Å². The molecule has 1 aliphatic heterocycles. The SMILES string of the molecule is Cc1cc(NC(=O)c2ccco2)sc1C(=O)N1CCC(Oc2ccc(Cl)cc2)CC1. The van der Waals surface area contributed by atoms with E-state index in [1.165, 1.54) is 17.6 Å². The van der Waals surface area contributed by atoms with Crippen LogP contribution in [0.25, 0.3) is 0 Å². The van der Waals surface area contributed by atoms with Gasteiger partial charge in [-0.25, -0.2) is 0 Å². The minimum Gasteiger partial charge on any atom is -0.490 e. The van der Waals surface area contributed by atoms with Gasteiger partial charge in [0, 0.05) is 31.0 Å². The number of carbonyl (C=O) groups is 2. The highest BCUT2D eigenvalue weighted by atomic mass is 35.5. The maximum Gasteiger partial charge on any atom is 0.291 e. The van der Waals surface area contributed by atoms with Gasteiger partial charge in [0.15, 0.2) is 5.76 Å². The average Bonchev–Trinajstić information content (AvgIpc) is 3.40. The molecule has 2 amide bonds. The smallest absolute Gasteiger partial charge is 0.291 e. The van der Waals surface area contributed by atoms with Gasteiger partial charge >= 0.3 is 0 Å². The van der Waals surface area contributed by atoms with Crippen LogP contribution in [-0.4, -0.2) is 35.9 Å². The van der Waals surface area contributed by atoms with E-state index in [0.717, 1.165) is 24.2 Å². The third kappa shape index (κ3) is 4.68. The van der Waals surface area contributed by atoms with Gasteiger partial charge in [0.1, 0.15) is 11.9 Å². The Balaban J connectivity index is 1.34. The first kappa shape index (κ1) is 20.5. The molecule has 4 rings (SSSR count). The first-order valence-electron chi connectivity index (χ1n) is 9.66. The molecular weight excluding hydrogens is 424 g/mol. The first-order chi connectivity index (χ1) is 14.5. The number of halogens is 1. The van der Waals surface area contributed by atoms with Crippen molar-refractivity contribution in [3.05, 3.63) is 70.0 Å². The maximum atomic E-state index is 13.0. The molecule has 2 aromatic heterocycles. The number of likely N-dealkylation sites (tertiary alicyclic amines) is 1. The number of benzene rings is 1. The van der Waals surface area contributed by atoms with Gasteiger partial charge in [-0.1, -0.05) is 11.6 Å². The number of piperidine rings is 1. The minimum atomic E-state index is -0.333. The van der Waals surface area contributed by atoms with Crippen molar-refractivity contribution in [1.29, 1.82) is 0 Å². The number of anilines is 1. The molecule has 0 aliphatic carbocycles. The number of hydrogen-bond donors (Lipinski definition) is 1. The van der Waals surface area contributed by atoms with Gasteiger partial charge in [-0.05, 0) is 55.0 Å². The average molecular weight is 445 g/mol. The van der Waals surface area contributed by atoms with Crippen molar-refractivity contribution in [3.63, 3.8) is 0 Å². The standard InChI is InChI=1S/C22H21ClN2O4S/c1-14-13-19(24-21(26)18-3-2-12-28-18)30-20(14)22(27)25-10-8-17(9-11-25)29-16-6-4-15(23)5-7-16/h2-7,12-13,17H,8-11H2,1H3,(H,24,26). The van der Waals surface area contributed by atoms with Crippen LogP contribution in [0.4, 0.5) is 5.00 Å². The Bertz CT molecular complexity index is 1020. The number of thiophene rings is 1. The number of hydrogen-bond acceptors (Lipinski definition) is 5. The molecule has 0 saturated carbocycles. The number of furan rings is 1. The fourth-order valence-electron chi connectivity index (χ4n) is 3.36. The van der Waals surface area contributed by atoms with E-state index < -0.39 is 0 Å². The van der Waals surface area contributed by atoms with Gasteiger partial charge < -0.3 is 19.4 Å². The molecule has 6 nitrogen and oxygen atoms in total. The van der Waals surface area contributed by atoms with Crippen LogP contribution in [0, 0.1) is 6.92 Å². The van der Waals surface area contributed by atoms with Crippen LogP contribution in [0.3, 0.4) is 0 Å². The van der Waals surface area contributed by atoms with E-state index in [-0.39, 0.29) is 23.7 Å². The molecular formula is C22H21ClN2O4S. The van der Waals surface area contributed by atoms with Gasteiger partial charge in [-0.15, -0.1) is 11.3 Å². The van der Waals surface area contributed by atoms with Crippen LogP contribution >= 0.6 is 22.9 Å². The number of ether oxygens (including phenoxy) is 1. The van der Waals surface area contributed by atoms with Crippen molar-refractivity contribution in [2.45, 2.75) is 25.9 Å². The lowest BCUT2D eigenvalue weighted by molar-refractivity contribution is 0.0599. The van der Waals surface area contributed by atoms with Gasteiger partial charge in [0.2, 0.25) is 0 Å². The Morgan fingerprint density at radius 1 is 1.20 bits per heavy atom. The van der Waals surface area contributed by atoms with Crippen LogP contribution in [0.15, 0.2) is 53.1 Å². The predicted molar refractivity (Wildman–Crippen MR) is 117 cm³/mol. The molecule has 0 atom stereocenters. The molecule has 0 bridgehead atoms. The van der Waals surface area contributed by atoms with E-state index in [4.69, 9.17) is 20.8 Å².